The molecule has 19 heavy (non-hydrogen) atoms. The van der Waals surface area contributed by atoms with Crippen LogP contribution in [0.5, 0.6) is 5.75 Å². The van der Waals surface area contributed by atoms with Crippen molar-refractivity contribution in [3.63, 3.8) is 0 Å². The van der Waals surface area contributed by atoms with Gasteiger partial charge in [-0.15, -0.1) is 0 Å². The van der Waals surface area contributed by atoms with Gasteiger partial charge in [-0.1, -0.05) is 52.8 Å². The van der Waals surface area contributed by atoms with Crippen LogP contribution in [0.2, 0.25) is 0 Å². The average Bonchev–Trinajstić information content (AvgIpc) is 2.40. The van der Waals surface area contributed by atoms with Crippen LogP contribution in [-0.4, -0.2) is 5.97 Å². The van der Waals surface area contributed by atoms with Crippen molar-refractivity contribution in [2.24, 2.45) is 0 Å². The van der Waals surface area contributed by atoms with Gasteiger partial charge in [-0.05, 0) is 30.7 Å². The van der Waals surface area contributed by atoms with E-state index in [0.29, 0.717) is 11.3 Å². The SMILES string of the molecule is C=C(C)C(=O)Oc1ccccc1-c1ccc(Br)cc1. The average molecular weight is 317 g/mol. The van der Waals surface area contributed by atoms with Gasteiger partial charge in [0, 0.05) is 15.6 Å². The van der Waals surface area contributed by atoms with Crippen LogP contribution in [0.15, 0.2) is 65.2 Å². The number of para-hydroxylation sites is 1. The summed E-state index contributed by atoms with van der Waals surface area (Å²) < 4.78 is 6.35. The summed E-state index contributed by atoms with van der Waals surface area (Å²) in [5.41, 5.74) is 2.25. The van der Waals surface area contributed by atoms with E-state index in [9.17, 15) is 4.79 Å². The Morgan fingerprint density at radius 3 is 2.37 bits per heavy atom. The van der Waals surface area contributed by atoms with Gasteiger partial charge >= 0.3 is 5.97 Å². The highest BCUT2D eigenvalue weighted by atomic mass is 79.9. The highest BCUT2D eigenvalue weighted by Crippen LogP contribution is 2.30. The van der Waals surface area contributed by atoms with Crippen molar-refractivity contribution >= 4 is 21.9 Å². The Bertz CT molecular complexity index is 615. The molecule has 0 bridgehead atoms. The first-order valence-electron chi connectivity index (χ1n) is 5.80. The maximum atomic E-state index is 11.6. The summed E-state index contributed by atoms with van der Waals surface area (Å²) in [6.45, 7) is 5.21. The first kappa shape index (κ1) is 13.6. The molecule has 0 radical (unpaired) electrons. The number of esters is 1. The molecule has 2 rings (SSSR count). The Morgan fingerprint density at radius 1 is 1.11 bits per heavy atom. The van der Waals surface area contributed by atoms with Crippen molar-refractivity contribution in [1.82, 2.24) is 0 Å². The lowest BCUT2D eigenvalue weighted by Gasteiger charge is -2.10. The van der Waals surface area contributed by atoms with Gasteiger partial charge in [0.25, 0.3) is 0 Å². The van der Waals surface area contributed by atoms with E-state index in [1.807, 2.05) is 42.5 Å². The van der Waals surface area contributed by atoms with E-state index in [4.69, 9.17) is 4.74 Å². The van der Waals surface area contributed by atoms with Crippen LogP contribution >= 0.6 is 15.9 Å². The number of hydrogen-bond donors (Lipinski definition) is 0. The fourth-order valence-corrected chi connectivity index (χ4v) is 1.87. The second-order valence-electron chi connectivity index (χ2n) is 4.17. The zero-order valence-corrected chi connectivity index (χ0v) is 12.1. The molecule has 0 spiro atoms. The van der Waals surface area contributed by atoms with Crippen LogP contribution < -0.4 is 4.74 Å². The van der Waals surface area contributed by atoms with Crippen molar-refractivity contribution in [2.45, 2.75) is 6.92 Å². The molecule has 0 N–H and O–H groups in total. The summed E-state index contributed by atoms with van der Waals surface area (Å²) in [5, 5.41) is 0. The number of ether oxygens (including phenoxy) is 1. The summed E-state index contributed by atoms with van der Waals surface area (Å²) in [5.74, 6) is 0.127. The highest BCUT2D eigenvalue weighted by molar-refractivity contribution is 9.10. The van der Waals surface area contributed by atoms with Crippen LogP contribution in [0.1, 0.15) is 6.92 Å². The molecule has 0 fully saturated rings. The maximum absolute atomic E-state index is 11.6. The second-order valence-corrected chi connectivity index (χ2v) is 5.09. The van der Waals surface area contributed by atoms with Crippen molar-refractivity contribution in [2.75, 3.05) is 0 Å². The van der Waals surface area contributed by atoms with Crippen LogP contribution in [0.25, 0.3) is 11.1 Å². The lowest BCUT2D eigenvalue weighted by atomic mass is 10.0. The standard InChI is InChI=1S/C16H13BrO2/c1-11(2)16(18)19-15-6-4-3-5-14(15)12-7-9-13(17)10-8-12/h3-10H,1H2,2H3. The summed E-state index contributed by atoms with van der Waals surface area (Å²) in [7, 11) is 0. The molecule has 2 aromatic rings. The first-order valence-corrected chi connectivity index (χ1v) is 6.60. The Hall–Kier alpha value is -1.87. The molecular weight excluding hydrogens is 304 g/mol. The summed E-state index contributed by atoms with van der Waals surface area (Å²) in [6.07, 6.45) is 0. The summed E-state index contributed by atoms with van der Waals surface area (Å²) in [4.78, 5) is 11.6. The van der Waals surface area contributed by atoms with E-state index in [1.54, 1.807) is 13.0 Å². The summed E-state index contributed by atoms with van der Waals surface area (Å²) >= 11 is 3.40. The lowest BCUT2D eigenvalue weighted by molar-refractivity contribution is -0.130. The predicted molar refractivity (Wildman–Crippen MR) is 80.0 cm³/mol. The number of benzene rings is 2. The molecule has 0 atom stereocenters. The third kappa shape index (κ3) is 3.32. The normalized spacial score (nSPS) is 10.0. The van der Waals surface area contributed by atoms with Gasteiger partial charge in [0.1, 0.15) is 5.75 Å². The Kier molecular flexibility index (Phi) is 4.17. The Morgan fingerprint density at radius 2 is 1.74 bits per heavy atom. The van der Waals surface area contributed by atoms with Gasteiger partial charge < -0.3 is 4.74 Å². The molecule has 0 amide bonds. The minimum atomic E-state index is -0.412. The van der Waals surface area contributed by atoms with E-state index >= 15 is 0 Å². The molecule has 0 saturated heterocycles. The minimum absolute atomic E-state index is 0.380. The van der Waals surface area contributed by atoms with E-state index in [-0.39, 0.29) is 0 Å². The lowest BCUT2D eigenvalue weighted by Crippen LogP contribution is -2.08. The minimum Gasteiger partial charge on any atom is -0.423 e. The molecule has 0 unspecified atom stereocenters. The smallest absolute Gasteiger partial charge is 0.338 e. The molecule has 0 saturated carbocycles. The first-order chi connectivity index (χ1) is 9.08. The number of rotatable bonds is 3. The molecule has 96 valence electrons. The Labute approximate surface area is 120 Å². The fraction of sp³-hybridized carbons (Fsp3) is 0.0625. The molecule has 2 nitrogen and oxygen atoms in total. The molecule has 0 heterocycles. The number of hydrogen-bond acceptors (Lipinski definition) is 2. The van der Waals surface area contributed by atoms with Gasteiger partial charge in [0.2, 0.25) is 0 Å². The van der Waals surface area contributed by atoms with Crippen molar-refractivity contribution < 1.29 is 9.53 Å². The highest BCUT2D eigenvalue weighted by Gasteiger charge is 2.10. The number of halogens is 1. The second kappa shape index (κ2) is 5.85. The molecule has 3 heteroatoms. The van der Waals surface area contributed by atoms with Gasteiger partial charge in [0.05, 0.1) is 0 Å². The van der Waals surface area contributed by atoms with Crippen LogP contribution in [0.4, 0.5) is 0 Å². The quantitative estimate of drug-likeness (QED) is 0.470. The maximum Gasteiger partial charge on any atom is 0.338 e. The third-order valence-electron chi connectivity index (χ3n) is 2.59. The zero-order valence-electron chi connectivity index (χ0n) is 10.5. The Balaban J connectivity index is 2.38. The van der Waals surface area contributed by atoms with Gasteiger partial charge in [0.15, 0.2) is 0 Å². The number of carbonyl (C=O) groups is 1. The van der Waals surface area contributed by atoms with E-state index in [2.05, 4.69) is 22.5 Å². The van der Waals surface area contributed by atoms with E-state index < -0.39 is 5.97 Å². The molecule has 0 aliphatic carbocycles. The molecule has 2 aromatic carbocycles. The molecule has 0 aromatic heterocycles. The summed E-state index contributed by atoms with van der Waals surface area (Å²) in [6, 6.07) is 15.3. The van der Waals surface area contributed by atoms with Crippen LogP contribution in [0, 0.1) is 0 Å². The molecule has 0 aliphatic heterocycles. The van der Waals surface area contributed by atoms with E-state index in [1.165, 1.54) is 0 Å². The van der Waals surface area contributed by atoms with Gasteiger partial charge in [-0.2, -0.15) is 0 Å². The van der Waals surface area contributed by atoms with Crippen molar-refractivity contribution in [3.8, 4) is 16.9 Å². The molecular formula is C16H13BrO2. The molecule has 0 aliphatic rings. The van der Waals surface area contributed by atoms with E-state index in [0.717, 1.165) is 15.6 Å². The number of carbonyl (C=O) groups excluding carboxylic acids is 1. The van der Waals surface area contributed by atoms with Crippen LogP contribution in [0.3, 0.4) is 0 Å². The van der Waals surface area contributed by atoms with Gasteiger partial charge in [-0.3, -0.25) is 0 Å². The predicted octanol–water partition coefficient (Wildman–Crippen LogP) is 4.60. The fourth-order valence-electron chi connectivity index (χ4n) is 1.61. The largest absolute Gasteiger partial charge is 0.423 e. The van der Waals surface area contributed by atoms with Gasteiger partial charge in [-0.25, -0.2) is 4.79 Å². The van der Waals surface area contributed by atoms with Crippen molar-refractivity contribution in [1.29, 1.82) is 0 Å². The van der Waals surface area contributed by atoms with Crippen molar-refractivity contribution in [3.05, 3.63) is 65.2 Å². The third-order valence-corrected chi connectivity index (χ3v) is 3.12. The topological polar surface area (TPSA) is 26.3 Å². The van der Waals surface area contributed by atoms with Crippen LogP contribution in [-0.2, 0) is 4.79 Å². The zero-order chi connectivity index (χ0) is 13.8. The monoisotopic (exact) mass is 316 g/mol.